The second-order valence-corrected chi connectivity index (χ2v) is 9.63. The fourth-order valence-corrected chi connectivity index (χ4v) is 7.79. The van der Waals surface area contributed by atoms with Crippen molar-refractivity contribution < 1.29 is 13.6 Å². The van der Waals surface area contributed by atoms with Crippen molar-refractivity contribution in [2.45, 2.75) is 78.1 Å². The standard InChI is InChI=1S/C21H32F2O/c1-12(24)18-7-8-19-17-6-3-13-11-14(20(22)23)4-5-15(13)16(17)9-10-21(18,19)2/h13-20H,3-11H2,1-2H3. The highest BCUT2D eigenvalue weighted by Gasteiger charge is 2.57. The molecule has 136 valence electrons. The largest absolute Gasteiger partial charge is 0.300 e. The van der Waals surface area contributed by atoms with Gasteiger partial charge in [-0.2, -0.15) is 0 Å². The first-order valence-electron chi connectivity index (χ1n) is 10.2. The van der Waals surface area contributed by atoms with Gasteiger partial charge in [0, 0.05) is 11.8 Å². The van der Waals surface area contributed by atoms with E-state index in [0.717, 1.165) is 43.9 Å². The molecule has 0 aromatic rings. The van der Waals surface area contributed by atoms with Gasteiger partial charge in [0.25, 0.3) is 0 Å². The highest BCUT2D eigenvalue weighted by atomic mass is 19.3. The van der Waals surface area contributed by atoms with Crippen LogP contribution in [0.2, 0.25) is 0 Å². The molecule has 3 heteroatoms. The summed E-state index contributed by atoms with van der Waals surface area (Å²) >= 11 is 0. The second-order valence-electron chi connectivity index (χ2n) is 9.63. The van der Waals surface area contributed by atoms with Gasteiger partial charge in [-0.25, -0.2) is 8.78 Å². The molecule has 4 fully saturated rings. The zero-order chi connectivity index (χ0) is 17.1. The average molecular weight is 338 g/mol. The molecule has 8 unspecified atom stereocenters. The van der Waals surface area contributed by atoms with E-state index in [4.69, 9.17) is 0 Å². The number of hydrogen-bond donors (Lipinski definition) is 0. The molecule has 0 N–H and O–H groups in total. The van der Waals surface area contributed by atoms with Crippen LogP contribution in [0.25, 0.3) is 0 Å². The van der Waals surface area contributed by atoms with E-state index in [1.807, 2.05) is 0 Å². The number of fused-ring (bicyclic) bond motifs is 5. The van der Waals surface area contributed by atoms with Gasteiger partial charge in [-0.1, -0.05) is 6.92 Å². The van der Waals surface area contributed by atoms with E-state index in [1.165, 1.54) is 25.7 Å². The SMILES string of the molecule is CC(=O)C1CCC2C3CCC4CC(C(F)F)CCC4C3CCC12C. The van der Waals surface area contributed by atoms with Crippen LogP contribution in [0.3, 0.4) is 0 Å². The topological polar surface area (TPSA) is 17.1 Å². The third-order valence-electron chi connectivity index (χ3n) is 8.84. The molecule has 4 aliphatic rings. The first kappa shape index (κ1) is 17.0. The molecule has 0 heterocycles. The monoisotopic (exact) mass is 338 g/mol. The Labute approximate surface area is 145 Å². The number of ketones is 1. The van der Waals surface area contributed by atoms with Crippen molar-refractivity contribution in [2.24, 2.45) is 46.8 Å². The van der Waals surface area contributed by atoms with E-state index in [9.17, 15) is 13.6 Å². The van der Waals surface area contributed by atoms with E-state index in [1.54, 1.807) is 6.92 Å². The summed E-state index contributed by atoms with van der Waals surface area (Å²) in [6.45, 7) is 4.17. The third kappa shape index (κ3) is 2.48. The zero-order valence-electron chi connectivity index (χ0n) is 15.1. The molecule has 4 aliphatic carbocycles. The van der Waals surface area contributed by atoms with Crippen molar-refractivity contribution in [1.82, 2.24) is 0 Å². The van der Waals surface area contributed by atoms with Gasteiger partial charge in [-0.15, -0.1) is 0 Å². The van der Waals surface area contributed by atoms with E-state index < -0.39 is 6.43 Å². The van der Waals surface area contributed by atoms with Gasteiger partial charge in [-0.3, -0.25) is 4.79 Å². The lowest BCUT2D eigenvalue weighted by Gasteiger charge is -2.56. The molecule has 0 aromatic carbocycles. The van der Waals surface area contributed by atoms with Crippen molar-refractivity contribution in [3.05, 3.63) is 0 Å². The summed E-state index contributed by atoms with van der Waals surface area (Å²) in [5.74, 6) is 3.79. The van der Waals surface area contributed by atoms with Crippen LogP contribution < -0.4 is 0 Å². The number of hydrogen-bond acceptors (Lipinski definition) is 1. The Balaban J connectivity index is 1.51. The van der Waals surface area contributed by atoms with Crippen LogP contribution in [0.5, 0.6) is 0 Å². The predicted octanol–water partition coefficient (Wildman–Crippen LogP) is 5.73. The maximum atomic E-state index is 13.1. The molecule has 24 heavy (non-hydrogen) atoms. The van der Waals surface area contributed by atoms with Gasteiger partial charge in [0.15, 0.2) is 0 Å². The van der Waals surface area contributed by atoms with Gasteiger partial charge in [0.2, 0.25) is 6.43 Å². The number of alkyl halides is 2. The summed E-state index contributed by atoms with van der Waals surface area (Å²) in [4.78, 5) is 12.1. The van der Waals surface area contributed by atoms with E-state index in [0.29, 0.717) is 23.5 Å². The molecule has 4 rings (SSSR count). The fraction of sp³-hybridized carbons (Fsp3) is 0.952. The van der Waals surface area contributed by atoms with Crippen LogP contribution in [0, 0.1) is 46.8 Å². The minimum Gasteiger partial charge on any atom is -0.300 e. The zero-order valence-corrected chi connectivity index (χ0v) is 15.1. The van der Waals surface area contributed by atoms with Crippen molar-refractivity contribution in [2.75, 3.05) is 0 Å². The Morgan fingerprint density at radius 3 is 2.42 bits per heavy atom. The van der Waals surface area contributed by atoms with Crippen LogP contribution in [-0.2, 0) is 4.79 Å². The highest BCUT2D eigenvalue weighted by molar-refractivity contribution is 5.79. The van der Waals surface area contributed by atoms with Crippen molar-refractivity contribution in [3.8, 4) is 0 Å². The Kier molecular flexibility index (Phi) is 4.28. The minimum absolute atomic E-state index is 0.222. The number of rotatable bonds is 2. The average Bonchev–Trinajstić information content (AvgIpc) is 2.91. The lowest BCUT2D eigenvalue weighted by molar-refractivity contribution is -0.128. The molecule has 1 nitrogen and oxygen atoms in total. The smallest absolute Gasteiger partial charge is 0.241 e. The van der Waals surface area contributed by atoms with Gasteiger partial charge >= 0.3 is 0 Å². The Morgan fingerprint density at radius 1 is 0.958 bits per heavy atom. The Bertz CT molecular complexity index is 504. The maximum Gasteiger partial charge on any atom is 0.241 e. The minimum atomic E-state index is -2.12. The quantitative estimate of drug-likeness (QED) is 0.629. The lowest BCUT2D eigenvalue weighted by atomic mass is 9.49. The number of carbonyl (C=O) groups excluding carboxylic acids is 1. The van der Waals surface area contributed by atoms with Crippen LogP contribution in [0.15, 0.2) is 0 Å². The summed E-state index contributed by atoms with van der Waals surface area (Å²) in [6.07, 6.45) is 7.53. The highest BCUT2D eigenvalue weighted by Crippen LogP contribution is 2.64. The Hall–Kier alpha value is -0.470. The number of Topliss-reactive ketones (excluding diaryl/α,β-unsaturated/α-hetero) is 1. The van der Waals surface area contributed by atoms with Crippen LogP contribution in [-0.4, -0.2) is 12.2 Å². The molecule has 0 saturated heterocycles. The summed E-state index contributed by atoms with van der Waals surface area (Å²) in [5, 5.41) is 0. The normalized spacial score (nSPS) is 51.0. The van der Waals surface area contributed by atoms with E-state index in [-0.39, 0.29) is 17.3 Å². The van der Waals surface area contributed by atoms with Crippen molar-refractivity contribution in [1.29, 1.82) is 0 Å². The predicted molar refractivity (Wildman–Crippen MR) is 90.8 cm³/mol. The van der Waals surface area contributed by atoms with E-state index in [2.05, 4.69) is 6.92 Å². The first-order chi connectivity index (χ1) is 11.4. The molecule has 0 bridgehead atoms. The fourth-order valence-electron chi connectivity index (χ4n) is 7.79. The molecule has 4 saturated carbocycles. The van der Waals surface area contributed by atoms with Crippen LogP contribution in [0.4, 0.5) is 8.78 Å². The summed E-state index contributed by atoms with van der Waals surface area (Å²) in [7, 11) is 0. The molecular weight excluding hydrogens is 306 g/mol. The molecule has 0 aliphatic heterocycles. The number of carbonyl (C=O) groups is 1. The van der Waals surface area contributed by atoms with Crippen molar-refractivity contribution in [3.63, 3.8) is 0 Å². The second kappa shape index (κ2) is 6.06. The van der Waals surface area contributed by atoms with E-state index >= 15 is 0 Å². The molecule has 0 aromatic heterocycles. The third-order valence-corrected chi connectivity index (χ3v) is 8.84. The first-order valence-corrected chi connectivity index (χ1v) is 10.2. The molecule has 0 spiro atoms. The summed E-state index contributed by atoms with van der Waals surface area (Å²) in [5.41, 5.74) is 0.222. The number of halogens is 2. The van der Waals surface area contributed by atoms with Gasteiger partial charge < -0.3 is 0 Å². The molecule has 8 atom stereocenters. The maximum absolute atomic E-state index is 13.1. The molecular formula is C21H32F2O. The van der Waals surface area contributed by atoms with Crippen LogP contribution in [0.1, 0.15) is 71.6 Å². The summed E-state index contributed by atoms with van der Waals surface area (Å²) in [6, 6.07) is 0. The lowest BCUT2D eigenvalue weighted by Crippen LogP contribution is -2.49. The van der Waals surface area contributed by atoms with Gasteiger partial charge in [-0.05, 0) is 99.7 Å². The van der Waals surface area contributed by atoms with Crippen LogP contribution >= 0.6 is 0 Å². The summed E-state index contributed by atoms with van der Waals surface area (Å²) < 4.78 is 26.3. The molecule has 0 amide bonds. The van der Waals surface area contributed by atoms with Gasteiger partial charge in [0.05, 0.1) is 0 Å². The molecule has 0 radical (unpaired) electrons. The Morgan fingerprint density at radius 2 is 1.71 bits per heavy atom. The van der Waals surface area contributed by atoms with Gasteiger partial charge in [0.1, 0.15) is 5.78 Å². The van der Waals surface area contributed by atoms with Crippen molar-refractivity contribution >= 4 is 5.78 Å².